The lowest BCUT2D eigenvalue weighted by Gasteiger charge is -2.14. The van der Waals surface area contributed by atoms with Crippen molar-refractivity contribution in [2.24, 2.45) is 0 Å². The summed E-state index contributed by atoms with van der Waals surface area (Å²) in [5.41, 5.74) is 2.74. The van der Waals surface area contributed by atoms with Crippen molar-refractivity contribution in [2.75, 3.05) is 0 Å². The Morgan fingerprint density at radius 2 is 1.86 bits per heavy atom. The highest BCUT2D eigenvalue weighted by Gasteiger charge is 2.06. The van der Waals surface area contributed by atoms with E-state index in [9.17, 15) is 9.18 Å². The van der Waals surface area contributed by atoms with Crippen LogP contribution in [0.5, 0.6) is 0 Å². The van der Waals surface area contributed by atoms with Gasteiger partial charge in [-0.05, 0) is 35.7 Å². The minimum Gasteiger partial charge on any atom is -0.481 e. The number of benzene rings is 2. The molecule has 2 rings (SSSR count). The topological polar surface area (TPSA) is 49.3 Å². The summed E-state index contributed by atoms with van der Waals surface area (Å²) >= 11 is 0. The molecule has 0 fully saturated rings. The minimum atomic E-state index is -0.833. The zero-order chi connectivity index (χ0) is 15.2. The molecule has 1 atom stereocenters. The van der Waals surface area contributed by atoms with Gasteiger partial charge in [0.1, 0.15) is 5.82 Å². The third kappa shape index (κ3) is 4.68. The van der Waals surface area contributed by atoms with Gasteiger partial charge in [-0.2, -0.15) is 0 Å². The van der Waals surface area contributed by atoms with Gasteiger partial charge in [0.05, 0.1) is 6.42 Å². The normalized spacial score (nSPS) is 12.1. The Balaban J connectivity index is 1.92. The van der Waals surface area contributed by atoms with Gasteiger partial charge in [-0.1, -0.05) is 36.4 Å². The number of hydrogen-bond donors (Lipinski definition) is 2. The summed E-state index contributed by atoms with van der Waals surface area (Å²) in [6.07, 6.45) is 0.0351. The maximum absolute atomic E-state index is 13.2. The van der Waals surface area contributed by atoms with Gasteiger partial charge in [0.15, 0.2) is 0 Å². The first-order valence-electron chi connectivity index (χ1n) is 6.83. The van der Waals surface area contributed by atoms with Crippen molar-refractivity contribution in [2.45, 2.75) is 25.9 Å². The van der Waals surface area contributed by atoms with Crippen LogP contribution in [-0.4, -0.2) is 11.1 Å². The molecule has 0 saturated heterocycles. The molecule has 0 spiro atoms. The molecular formula is C17H18FNO2. The number of carbonyl (C=O) groups is 1. The number of carboxylic acid groups (broad SMARTS) is 1. The van der Waals surface area contributed by atoms with Crippen LogP contribution in [0, 0.1) is 5.82 Å². The molecule has 2 N–H and O–H groups in total. The van der Waals surface area contributed by atoms with Gasteiger partial charge in [0, 0.05) is 12.6 Å². The third-order valence-corrected chi connectivity index (χ3v) is 3.34. The highest BCUT2D eigenvalue weighted by molar-refractivity contribution is 5.70. The van der Waals surface area contributed by atoms with E-state index in [1.165, 1.54) is 12.1 Å². The first-order valence-corrected chi connectivity index (χ1v) is 6.83. The molecule has 1 unspecified atom stereocenters. The lowest BCUT2D eigenvalue weighted by atomic mass is 10.1. The van der Waals surface area contributed by atoms with E-state index in [-0.39, 0.29) is 18.3 Å². The van der Waals surface area contributed by atoms with Crippen LogP contribution in [0.2, 0.25) is 0 Å². The molecule has 21 heavy (non-hydrogen) atoms. The number of rotatable bonds is 6. The summed E-state index contributed by atoms with van der Waals surface area (Å²) in [7, 11) is 0. The van der Waals surface area contributed by atoms with Crippen LogP contribution in [0.3, 0.4) is 0 Å². The van der Waals surface area contributed by atoms with Crippen molar-refractivity contribution in [1.29, 1.82) is 0 Å². The lowest BCUT2D eigenvalue weighted by molar-refractivity contribution is -0.136. The third-order valence-electron chi connectivity index (χ3n) is 3.34. The molecule has 0 aliphatic rings. The molecule has 0 heterocycles. The summed E-state index contributed by atoms with van der Waals surface area (Å²) in [5, 5.41) is 12.0. The van der Waals surface area contributed by atoms with Crippen molar-refractivity contribution < 1.29 is 14.3 Å². The van der Waals surface area contributed by atoms with E-state index >= 15 is 0 Å². The van der Waals surface area contributed by atoms with Gasteiger partial charge in [-0.25, -0.2) is 4.39 Å². The van der Waals surface area contributed by atoms with Crippen molar-refractivity contribution in [3.8, 4) is 0 Å². The van der Waals surface area contributed by atoms with Crippen LogP contribution in [-0.2, 0) is 17.8 Å². The van der Waals surface area contributed by atoms with E-state index in [2.05, 4.69) is 5.32 Å². The van der Waals surface area contributed by atoms with Crippen molar-refractivity contribution in [3.05, 3.63) is 71.0 Å². The summed E-state index contributed by atoms with van der Waals surface area (Å²) in [6.45, 7) is 2.62. The van der Waals surface area contributed by atoms with Crippen LogP contribution in [0.25, 0.3) is 0 Å². The minimum absolute atomic E-state index is 0.0351. The van der Waals surface area contributed by atoms with E-state index in [1.54, 1.807) is 6.07 Å². The average Bonchev–Trinajstić information content (AvgIpc) is 2.45. The number of halogens is 1. The molecule has 0 saturated carbocycles. The second-order valence-electron chi connectivity index (χ2n) is 5.04. The summed E-state index contributed by atoms with van der Waals surface area (Å²) < 4.78 is 13.2. The van der Waals surface area contributed by atoms with Gasteiger partial charge in [-0.15, -0.1) is 0 Å². The smallest absolute Gasteiger partial charge is 0.307 e. The van der Waals surface area contributed by atoms with Gasteiger partial charge in [0.2, 0.25) is 0 Å². The van der Waals surface area contributed by atoms with E-state index in [0.29, 0.717) is 6.54 Å². The lowest BCUT2D eigenvalue weighted by Crippen LogP contribution is -2.18. The second-order valence-corrected chi connectivity index (χ2v) is 5.04. The number of nitrogens with one attached hydrogen (secondary N) is 1. The molecular weight excluding hydrogens is 269 g/mol. The Hall–Kier alpha value is -2.20. The van der Waals surface area contributed by atoms with Crippen LogP contribution < -0.4 is 5.32 Å². The number of hydrogen-bond acceptors (Lipinski definition) is 2. The van der Waals surface area contributed by atoms with Gasteiger partial charge >= 0.3 is 5.97 Å². The Morgan fingerprint density at radius 1 is 1.19 bits per heavy atom. The van der Waals surface area contributed by atoms with Gasteiger partial charge in [-0.3, -0.25) is 4.79 Å². The molecule has 0 aliphatic heterocycles. The largest absolute Gasteiger partial charge is 0.481 e. The zero-order valence-electron chi connectivity index (χ0n) is 11.8. The average molecular weight is 287 g/mol. The molecule has 0 radical (unpaired) electrons. The maximum atomic E-state index is 13.2. The number of carboxylic acids is 1. The molecule has 0 aromatic heterocycles. The quantitative estimate of drug-likeness (QED) is 0.857. The van der Waals surface area contributed by atoms with E-state index in [1.807, 2.05) is 37.3 Å². The molecule has 0 bridgehead atoms. The SMILES string of the molecule is CC(NCc1ccc(CC(=O)O)cc1)c1cccc(F)c1. The Bertz CT molecular complexity index is 610. The van der Waals surface area contributed by atoms with Crippen molar-refractivity contribution in [3.63, 3.8) is 0 Å². The van der Waals surface area contributed by atoms with E-state index in [0.717, 1.165) is 16.7 Å². The Morgan fingerprint density at radius 3 is 2.48 bits per heavy atom. The fraction of sp³-hybridized carbons (Fsp3) is 0.235. The second kappa shape index (κ2) is 6.99. The van der Waals surface area contributed by atoms with Crippen molar-refractivity contribution >= 4 is 5.97 Å². The fourth-order valence-corrected chi connectivity index (χ4v) is 2.11. The maximum Gasteiger partial charge on any atom is 0.307 e. The van der Waals surface area contributed by atoms with Crippen LogP contribution in [0.4, 0.5) is 4.39 Å². The zero-order valence-corrected chi connectivity index (χ0v) is 11.8. The predicted octanol–water partition coefficient (Wildman–Crippen LogP) is 3.30. The summed E-state index contributed by atoms with van der Waals surface area (Å²) in [4.78, 5) is 10.6. The van der Waals surface area contributed by atoms with Gasteiger partial charge < -0.3 is 10.4 Å². The molecule has 110 valence electrons. The fourth-order valence-electron chi connectivity index (χ4n) is 2.11. The molecule has 4 heteroatoms. The van der Waals surface area contributed by atoms with Crippen LogP contribution >= 0.6 is 0 Å². The number of aliphatic carboxylic acids is 1. The monoisotopic (exact) mass is 287 g/mol. The first kappa shape index (κ1) is 15.2. The Labute approximate surface area is 123 Å². The van der Waals surface area contributed by atoms with Crippen LogP contribution in [0.15, 0.2) is 48.5 Å². The van der Waals surface area contributed by atoms with Gasteiger partial charge in [0.25, 0.3) is 0 Å². The molecule has 2 aromatic rings. The first-order chi connectivity index (χ1) is 10.0. The standard InChI is InChI=1S/C17H18FNO2/c1-12(15-3-2-4-16(18)10-15)19-11-14-7-5-13(6-8-14)9-17(20)21/h2-8,10,12,19H,9,11H2,1H3,(H,20,21). The predicted molar refractivity (Wildman–Crippen MR) is 79.4 cm³/mol. The van der Waals surface area contributed by atoms with E-state index in [4.69, 9.17) is 5.11 Å². The molecule has 2 aromatic carbocycles. The molecule has 3 nitrogen and oxygen atoms in total. The molecule has 0 amide bonds. The van der Waals surface area contributed by atoms with Crippen LogP contribution in [0.1, 0.15) is 29.7 Å². The molecule has 0 aliphatic carbocycles. The van der Waals surface area contributed by atoms with E-state index < -0.39 is 5.97 Å². The highest BCUT2D eigenvalue weighted by Crippen LogP contribution is 2.14. The Kier molecular flexibility index (Phi) is 5.06. The summed E-state index contributed by atoms with van der Waals surface area (Å²) in [6, 6.07) is 14.0. The summed E-state index contributed by atoms with van der Waals surface area (Å²) in [5.74, 6) is -1.07. The van der Waals surface area contributed by atoms with Crippen molar-refractivity contribution in [1.82, 2.24) is 5.32 Å². The highest BCUT2D eigenvalue weighted by atomic mass is 19.1.